The van der Waals surface area contributed by atoms with E-state index in [4.69, 9.17) is 0 Å². The summed E-state index contributed by atoms with van der Waals surface area (Å²) in [4.78, 5) is 27.5. The maximum atomic E-state index is 13.1. The van der Waals surface area contributed by atoms with Gasteiger partial charge < -0.3 is 10.2 Å². The third-order valence-electron chi connectivity index (χ3n) is 4.61. The van der Waals surface area contributed by atoms with Gasteiger partial charge in [-0.05, 0) is 30.9 Å². The van der Waals surface area contributed by atoms with Crippen LogP contribution in [0.3, 0.4) is 0 Å². The molecule has 144 valence electrons. The van der Waals surface area contributed by atoms with Crippen LogP contribution in [-0.2, 0) is 22.6 Å². The number of hydrogen-bond donors (Lipinski definition) is 1. The molecule has 4 heteroatoms. The van der Waals surface area contributed by atoms with Gasteiger partial charge in [0, 0.05) is 13.1 Å². The zero-order chi connectivity index (χ0) is 19.6. The van der Waals surface area contributed by atoms with Crippen molar-refractivity contribution in [1.29, 1.82) is 0 Å². The summed E-state index contributed by atoms with van der Waals surface area (Å²) in [7, 11) is 0. The zero-order valence-corrected chi connectivity index (χ0v) is 16.6. The van der Waals surface area contributed by atoms with Crippen LogP contribution >= 0.6 is 0 Å². The van der Waals surface area contributed by atoms with E-state index in [2.05, 4.69) is 5.32 Å². The molecule has 0 bridgehead atoms. The second kappa shape index (κ2) is 10.5. The number of hydrogen-bond acceptors (Lipinski definition) is 2. The molecule has 0 aliphatic carbocycles. The average Bonchev–Trinajstić information content (AvgIpc) is 2.68. The smallest absolute Gasteiger partial charge is 0.242 e. The van der Waals surface area contributed by atoms with Crippen molar-refractivity contribution in [2.24, 2.45) is 0 Å². The summed E-state index contributed by atoms with van der Waals surface area (Å²) < 4.78 is 0. The SMILES string of the molecule is CCCNC(=O)C(CC)N(Cc1ccc(C)cc1)C(=O)Cc1ccccc1. The van der Waals surface area contributed by atoms with Crippen LogP contribution in [0, 0.1) is 6.92 Å². The van der Waals surface area contributed by atoms with E-state index in [1.807, 2.05) is 75.4 Å². The molecule has 27 heavy (non-hydrogen) atoms. The van der Waals surface area contributed by atoms with Gasteiger partial charge in [0.25, 0.3) is 0 Å². The molecule has 2 aromatic rings. The molecule has 0 radical (unpaired) electrons. The number of carbonyl (C=O) groups is 2. The summed E-state index contributed by atoms with van der Waals surface area (Å²) >= 11 is 0. The monoisotopic (exact) mass is 366 g/mol. The fourth-order valence-corrected chi connectivity index (χ4v) is 3.05. The molecule has 1 unspecified atom stereocenters. The van der Waals surface area contributed by atoms with Crippen LogP contribution in [0.1, 0.15) is 43.4 Å². The molecule has 2 rings (SSSR count). The van der Waals surface area contributed by atoms with Crippen LogP contribution < -0.4 is 5.32 Å². The molecule has 2 aromatic carbocycles. The van der Waals surface area contributed by atoms with Gasteiger partial charge in [0.1, 0.15) is 6.04 Å². The first-order valence-electron chi connectivity index (χ1n) is 9.71. The molecular weight excluding hydrogens is 336 g/mol. The molecule has 1 atom stereocenters. The first-order valence-corrected chi connectivity index (χ1v) is 9.71. The fraction of sp³-hybridized carbons (Fsp3) is 0.391. The number of aryl methyl sites for hydroxylation is 1. The van der Waals surface area contributed by atoms with E-state index in [-0.39, 0.29) is 11.8 Å². The lowest BCUT2D eigenvalue weighted by Gasteiger charge is -2.31. The number of benzene rings is 2. The Morgan fingerprint density at radius 1 is 0.963 bits per heavy atom. The van der Waals surface area contributed by atoms with E-state index in [1.165, 1.54) is 5.56 Å². The van der Waals surface area contributed by atoms with Crippen LogP contribution in [-0.4, -0.2) is 29.3 Å². The molecule has 0 spiro atoms. The normalized spacial score (nSPS) is 11.7. The highest BCUT2D eigenvalue weighted by atomic mass is 16.2. The van der Waals surface area contributed by atoms with Gasteiger partial charge in [-0.1, -0.05) is 74.0 Å². The Hall–Kier alpha value is -2.62. The van der Waals surface area contributed by atoms with Gasteiger partial charge in [0.2, 0.25) is 11.8 Å². The minimum Gasteiger partial charge on any atom is -0.354 e. The Morgan fingerprint density at radius 2 is 1.63 bits per heavy atom. The lowest BCUT2D eigenvalue weighted by molar-refractivity contribution is -0.140. The largest absolute Gasteiger partial charge is 0.354 e. The van der Waals surface area contributed by atoms with Crippen molar-refractivity contribution in [3.05, 3.63) is 71.3 Å². The predicted octanol–water partition coefficient (Wildman–Crippen LogP) is 3.87. The van der Waals surface area contributed by atoms with Crippen molar-refractivity contribution in [1.82, 2.24) is 10.2 Å². The molecule has 0 aliphatic rings. The number of carbonyl (C=O) groups excluding carboxylic acids is 2. The second-order valence-electron chi connectivity index (χ2n) is 6.88. The molecule has 4 nitrogen and oxygen atoms in total. The Kier molecular flexibility index (Phi) is 8.05. The Bertz CT molecular complexity index is 726. The minimum atomic E-state index is -0.464. The van der Waals surface area contributed by atoms with Crippen molar-refractivity contribution in [3.63, 3.8) is 0 Å². The van der Waals surface area contributed by atoms with E-state index < -0.39 is 6.04 Å². The Morgan fingerprint density at radius 3 is 2.22 bits per heavy atom. The molecular formula is C23H30N2O2. The summed E-state index contributed by atoms with van der Waals surface area (Å²) in [6.07, 6.45) is 1.75. The van der Waals surface area contributed by atoms with E-state index in [0.717, 1.165) is 17.5 Å². The number of rotatable bonds is 9. The predicted molar refractivity (Wildman–Crippen MR) is 109 cm³/mol. The van der Waals surface area contributed by atoms with E-state index in [9.17, 15) is 9.59 Å². The highest BCUT2D eigenvalue weighted by Gasteiger charge is 2.28. The summed E-state index contributed by atoms with van der Waals surface area (Å²) in [6, 6.07) is 17.3. The van der Waals surface area contributed by atoms with Gasteiger partial charge in [-0.15, -0.1) is 0 Å². The average molecular weight is 367 g/mol. The second-order valence-corrected chi connectivity index (χ2v) is 6.88. The van der Waals surface area contributed by atoms with E-state index in [1.54, 1.807) is 4.90 Å². The molecule has 0 aromatic heterocycles. The first kappa shape index (κ1) is 20.7. The van der Waals surface area contributed by atoms with Gasteiger partial charge in [0.05, 0.1) is 6.42 Å². The highest BCUT2D eigenvalue weighted by molar-refractivity contribution is 5.88. The van der Waals surface area contributed by atoms with Gasteiger partial charge in [-0.2, -0.15) is 0 Å². The molecule has 0 heterocycles. The fourth-order valence-electron chi connectivity index (χ4n) is 3.05. The van der Waals surface area contributed by atoms with Gasteiger partial charge in [-0.3, -0.25) is 9.59 Å². The third-order valence-corrected chi connectivity index (χ3v) is 4.61. The summed E-state index contributed by atoms with van der Waals surface area (Å²) in [5, 5.41) is 2.94. The Balaban J connectivity index is 2.23. The maximum absolute atomic E-state index is 13.1. The topological polar surface area (TPSA) is 49.4 Å². The molecule has 1 N–H and O–H groups in total. The summed E-state index contributed by atoms with van der Waals surface area (Å²) in [6.45, 7) is 7.07. The highest BCUT2D eigenvalue weighted by Crippen LogP contribution is 2.15. The molecule has 2 amide bonds. The van der Waals surface area contributed by atoms with Crippen molar-refractivity contribution in [2.45, 2.75) is 52.6 Å². The quantitative estimate of drug-likeness (QED) is 0.732. The first-order chi connectivity index (χ1) is 13.0. The molecule has 0 aliphatic heterocycles. The third kappa shape index (κ3) is 6.24. The van der Waals surface area contributed by atoms with Gasteiger partial charge in [-0.25, -0.2) is 0 Å². The van der Waals surface area contributed by atoms with Crippen molar-refractivity contribution in [2.75, 3.05) is 6.54 Å². The van der Waals surface area contributed by atoms with E-state index in [0.29, 0.717) is 25.9 Å². The van der Waals surface area contributed by atoms with Gasteiger partial charge >= 0.3 is 0 Å². The van der Waals surface area contributed by atoms with Crippen molar-refractivity contribution in [3.8, 4) is 0 Å². The summed E-state index contributed by atoms with van der Waals surface area (Å²) in [5.41, 5.74) is 3.16. The molecule has 0 fully saturated rings. The van der Waals surface area contributed by atoms with E-state index >= 15 is 0 Å². The van der Waals surface area contributed by atoms with Crippen LogP contribution in [0.4, 0.5) is 0 Å². The number of nitrogens with zero attached hydrogens (tertiary/aromatic N) is 1. The lowest BCUT2D eigenvalue weighted by Crippen LogP contribution is -2.49. The summed E-state index contributed by atoms with van der Waals surface area (Å²) in [5.74, 6) is -0.104. The lowest BCUT2D eigenvalue weighted by atomic mass is 10.1. The van der Waals surface area contributed by atoms with Crippen LogP contribution in [0.2, 0.25) is 0 Å². The van der Waals surface area contributed by atoms with Crippen molar-refractivity contribution >= 4 is 11.8 Å². The number of amides is 2. The molecule has 0 saturated heterocycles. The Labute approximate surface area is 162 Å². The van der Waals surface area contributed by atoms with Crippen LogP contribution in [0.5, 0.6) is 0 Å². The van der Waals surface area contributed by atoms with Crippen molar-refractivity contribution < 1.29 is 9.59 Å². The standard InChI is InChI=1S/C23H30N2O2/c1-4-15-24-23(27)21(5-2)25(17-20-13-11-18(3)12-14-20)22(26)16-19-9-7-6-8-10-19/h6-14,21H,4-5,15-17H2,1-3H3,(H,24,27). The van der Waals surface area contributed by atoms with Crippen LogP contribution in [0.15, 0.2) is 54.6 Å². The van der Waals surface area contributed by atoms with Gasteiger partial charge in [0.15, 0.2) is 0 Å². The number of nitrogens with one attached hydrogen (secondary N) is 1. The minimum absolute atomic E-state index is 0.0275. The molecule has 0 saturated carbocycles. The van der Waals surface area contributed by atoms with Crippen LogP contribution in [0.25, 0.3) is 0 Å². The zero-order valence-electron chi connectivity index (χ0n) is 16.6. The maximum Gasteiger partial charge on any atom is 0.242 e.